The Morgan fingerprint density at radius 1 is 1.30 bits per heavy atom. The summed E-state index contributed by atoms with van der Waals surface area (Å²) in [4.78, 5) is 17.1. The molecule has 3 rings (SSSR count). The van der Waals surface area contributed by atoms with Crippen molar-refractivity contribution in [2.24, 2.45) is 0 Å². The zero-order valence-electron chi connectivity index (χ0n) is 13.8. The third kappa shape index (κ3) is 2.75. The van der Waals surface area contributed by atoms with Gasteiger partial charge in [0.2, 0.25) is 0 Å². The summed E-state index contributed by atoms with van der Waals surface area (Å²) in [6, 6.07) is 10.7. The largest absolute Gasteiger partial charge is 0.369 e. The van der Waals surface area contributed by atoms with Gasteiger partial charge in [-0.25, -0.2) is 0 Å². The molecule has 1 aliphatic rings. The molecule has 1 aliphatic heterocycles. The summed E-state index contributed by atoms with van der Waals surface area (Å²) >= 11 is 0. The van der Waals surface area contributed by atoms with Crippen molar-refractivity contribution in [1.29, 1.82) is 5.26 Å². The average molecular weight is 307 g/mol. The van der Waals surface area contributed by atoms with Crippen molar-refractivity contribution in [3.8, 4) is 17.2 Å². The van der Waals surface area contributed by atoms with Gasteiger partial charge in [0.15, 0.2) is 0 Å². The van der Waals surface area contributed by atoms with Crippen molar-refractivity contribution >= 4 is 5.69 Å². The molecule has 0 radical (unpaired) electrons. The molecule has 0 aliphatic carbocycles. The molecule has 0 bridgehead atoms. The Hall–Kier alpha value is -2.54. The van der Waals surface area contributed by atoms with Gasteiger partial charge in [0.05, 0.1) is 0 Å². The molecule has 0 unspecified atom stereocenters. The van der Waals surface area contributed by atoms with Crippen LogP contribution in [0.15, 0.2) is 29.1 Å². The molecule has 0 fully saturated rings. The molecule has 0 amide bonds. The third-order valence-corrected chi connectivity index (χ3v) is 4.45. The molecule has 1 N–H and O–H groups in total. The Balaban J connectivity index is 2.14. The van der Waals surface area contributed by atoms with Crippen LogP contribution in [0.5, 0.6) is 0 Å². The minimum atomic E-state index is -0.316. The standard InChI is InChI=1S/C19H21N3O/c1-12(2)22-8-4-5-15-10-14(6-7-18(15)22)16-9-13(3)21-19(23)17(16)11-20/h6-7,9-10,12H,4-5,8H2,1-3H3,(H,21,23). The summed E-state index contributed by atoms with van der Waals surface area (Å²) in [6.07, 6.45) is 2.17. The minimum absolute atomic E-state index is 0.187. The Morgan fingerprint density at radius 3 is 2.78 bits per heavy atom. The summed E-state index contributed by atoms with van der Waals surface area (Å²) in [5.74, 6) is 0. The SMILES string of the molecule is Cc1cc(-c2ccc3c(c2)CCCN3C(C)C)c(C#N)c(=O)[nH]1. The number of hydrogen-bond donors (Lipinski definition) is 1. The lowest BCUT2D eigenvalue weighted by molar-refractivity contribution is 0.626. The van der Waals surface area contributed by atoms with Crippen LogP contribution in [0.2, 0.25) is 0 Å². The summed E-state index contributed by atoms with van der Waals surface area (Å²) in [5, 5.41) is 9.33. The molecule has 2 aromatic rings. The van der Waals surface area contributed by atoms with Crippen LogP contribution in [-0.2, 0) is 6.42 Å². The Morgan fingerprint density at radius 2 is 2.09 bits per heavy atom. The number of benzene rings is 1. The number of nitrogens with one attached hydrogen (secondary N) is 1. The topological polar surface area (TPSA) is 59.9 Å². The summed E-state index contributed by atoms with van der Waals surface area (Å²) < 4.78 is 0. The number of aromatic amines is 1. The number of aryl methyl sites for hydroxylation is 2. The molecule has 0 saturated carbocycles. The second-order valence-corrected chi connectivity index (χ2v) is 6.42. The second kappa shape index (κ2) is 5.92. The van der Waals surface area contributed by atoms with E-state index in [0.29, 0.717) is 6.04 Å². The quantitative estimate of drug-likeness (QED) is 0.925. The number of hydrogen-bond acceptors (Lipinski definition) is 3. The maximum atomic E-state index is 12.0. The fourth-order valence-electron chi connectivity index (χ4n) is 3.36. The summed E-state index contributed by atoms with van der Waals surface area (Å²) in [5.41, 5.74) is 4.87. The van der Waals surface area contributed by atoms with Crippen molar-refractivity contribution in [3.05, 3.63) is 51.4 Å². The fourth-order valence-corrected chi connectivity index (χ4v) is 3.36. The summed E-state index contributed by atoms with van der Waals surface area (Å²) in [6.45, 7) is 7.33. The second-order valence-electron chi connectivity index (χ2n) is 6.42. The van der Waals surface area contributed by atoms with Crippen molar-refractivity contribution in [2.75, 3.05) is 11.4 Å². The molecule has 1 aromatic carbocycles. The van der Waals surface area contributed by atoms with Crippen molar-refractivity contribution in [2.45, 2.75) is 39.7 Å². The van der Waals surface area contributed by atoms with E-state index in [-0.39, 0.29) is 11.1 Å². The number of rotatable bonds is 2. The highest BCUT2D eigenvalue weighted by molar-refractivity contribution is 5.74. The highest BCUT2D eigenvalue weighted by Gasteiger charge is 2.20. The Bertz CT molecular complexity index is 843. The van der Waals surface area contributed by atoms with E-state index >= 15 is 0 Å². The number of H-pyrrole nitrogens is 1. The molecule has 0 atom stereocenters. The first-order valence-electron chi connectivity index (χ1n) is 8.05. The Labute approximate surface area is 136 Å². The molecule has 4 heteroatoms. The highest BCUT2D eigenvalue weighted by atomic mass is 16.1. The van der Waals surface area contributed by atoms with Gasteiger partial charge in [-0.15, -0.1) is 0 Å². The first-order chi connectivity index (χ1) is 11.0. The molecular weight excluding hydrogens is 286 g/mol. The molecule has 1 aromatic heterocycles. The zero-order valence-corrected chi connectivity index (χ0v) is 13.8. The lowest BCUT2D eigenvalue weighted by Crippen LogP contribution is -2.35. The molecule has 0 spiro atoms. The minimum Gasteiger partial charge on any atom is -0.369 e. The van der Waals surface area contributed by atoms with E-state index in [1.165, 1.54) is 11.3 Å². The molecule has 118 valence electrons. The zero-order chi connectivity index (χ0) is 16.6. The fraction of sp³-hybridized carbons (Fsp3) is 0.368. The maximum absolute atomic E-state index is 12.0. The van der Waals surface area contributed by atoms with Crippen LogP contribution in [0.4, 0.5) is 5.69 Å². The van der Waals surface area contributed by atoms with Crippen LogP contribution >= 0.6 is 0 Å². The van der Waals surface area contributed by atoms with Gasteiger partial charge >= 0.3 is 0 Å². The van der Waals surface area contributed by atoms with Crippen LogP contribution in [0.1, 0.15) is 37.1 Å². The summed E-state index contributed by atoms with van der Waals surface area (Å²) in [7, 11) is 0. The predicted molar refractivity (Wildman–Crippen MR) is 92.8 cm³/mol. The smallest absolute Gasteiger partial charge is 0.266 e. The molecule has 23 heavy (non-hydrogen) atoms. The van der Waals surface area contributed by atoms with Gasteiger partial charge in [-0.2, -0.15) is 5.26 Å². The van der Waals surface area contributed by atoms with Crippen molar-refractivity contribution < 1.29 is 0 Å². The van der Waals surface area contributed by atoms with E-state index in [2.05, 4.69) is 35.9 Å². The van der Waals surface area contributed by atoms with Gasteiger partial charge in [0.25, 0.3) is 5.56 Å². The van der Waals surface area contributed by atoms with Gasteiger partial charge in [-0.1, -0.05) is 6.07 Å². The van der Waals surface area contributed by atoms with Crippen molar-refractivity contribution in [1.82, 2.24) is 4.98 Å². The van der Waals surface area contributed by atoms with E-state index in [9.17, 15) is 10.1 Å². The molecule has 0 saturated heterocycles. The molecular formula is C19H21N3O. The first kappa shape index (κ1) is 15.4. The van der Waals surface area contributed by atoms with E-state index in [1.54, 1.807) is 0 Å². The monoisotopic (exact) mass is 307 g/mol. The maximum Gasteiger partial charge on any atom is 0.266 e. The van der Waals surface area contributed by atoms with Crippen LogP contribution in [0, 0.1) is 18.3 Å². The first-order valence-corrected chi connectivity index (χ1v) is 8.05. The lowest BCUT2D eigenvalue weighted by Gasteiger charge is -2.35. The van der Waals surface area contributed by atoms with Crippen LogP contribution in [-0.4, -0.2) is 17.6 Å². The normalized spacial score (nSPS) is 13.8. The van der Waals surface area contributed by atoms with Gasteiger partial charge in [-0.05, 0) is 62.9 Å². The lowest BCUT2D eigenvalue weighted by atomic mass is 9.94. The van der Waals surface area contributed by atoms with E-state index in [0.717, 1.165) is 36.2 Å². The van der Waals surface area contributed by atoms with Crippen LogP contribution in [0.3, 0.4) is 0 Å². The number of aromatic nitrogens is 1. The van der Waals surface area contributed by atoms with E-state index in [4.69, 9.17) is 0 Å². The predicted octanol–water partition coefficient (Wildman–Crippen LogP) is 3.38. The van der Waals surface area contributed by atoms with Gasteiger partial charge in [0.1, 0.15) is 11.6 Å². The highest BCUT2D eigenvalue weighted by Crippen LogP contribution is 2.33. The Kier molecular flexibility index (Phi) is 3.96. The van der Waals surface area contributed by atoms with Crippen LogP contribution in [0.25, 0.3) is 11.1 Å². The average Bonchev–Trinajstić information content (AvgIpc) is 2.53. The number of anilines is 1. The number of pyridine rings is 1. The van der Waals surface area contributed by atoms with Crippen LogP contribution < -0.4 is 10.5 Å². The van der Waals surface area contributed by atoms with Crippen molar-refractivity contribution in [3.63, 3.8) is 0 Å². The molecule has 2 heterocycles. The number of nitriles is 1. The van der Waals surface area contributed by atoms with Gasteiger partial charge in [-0.3, -0.25) is 4.79 Å². The van der Waals surface area contributed by atoms with Gasteiger partial charge < -0.3 is 9.88 Å². The van der Waals surface area contributed by atoms with Gasteiger partial charge in [0, 0.05) is 29.5 Å². The number of fused-ring (bicyclic) bond motifs is 1. The van der Waals surface area contributed by atoms with E-state index < -0.39 is 0 Å². The van der Waals surface area contributed by atoms with E-state index in [1.807, 2.05) is 25.1 Å². The number of nitrogens with zero attached hydrogens (tertiary/aromatic N) is 2. The molecule has 4 nitrogen and oxygen atoms in total. The third-order valence-electron chi connectivity index (χ3n) is 4.45.